The van der Waals surface area contributed by atoms with E-state index in [2.05, 4.69) is 48.8 Å². The fourth-order valence-electron chi connectivity index (χ4n) is 1.87. The van der Waals surface area contributed by atoms with Gasteiger partial charge in [0.25, 0.3) is 0 Å². The minimum absolute atomic E-state index is 0.210. The Morgan fingerprint density at radius 3 is 2.62 bits per heavy atom. The molecule has 0 aliphatic heterocycles. The summed E-state index contributed by atoms with van der Waals surface area (Å²) >= 11 is 3.49. The average Bonchev–Trinajstić information content (AvgIpc) is 2.16. The van der Waals surface area contributed by atoms with Gasteiger partial charge in [0.2, 0.25) is 0 Å². The maximum Gasteiger partial charge on any atom is 0.0381 e. The molecular formula is C14H22BrN. The van der Waals surface area contributed by atoms with Crippen LogP contribution in [0, 0.1) is 5.92 Å². The van der Waals surface area contributed by atoms with Crippen molar-refractivity contribution in [2.75, 3.05) is 0 Å². The monoisotopic (exact) mass is 283 g/mol. The molecule has 0 amide bonds. The third-order valence-electron chi connectivity index (χ3n) is 2.96. The molecule has 90 valence electrons. The van der Waals surface area contributed by atoms with Crippen molar-refractivity contribution >= 4 is 15.9 Å². The molecule has 0 heterocycles. The lowest BCUT2D eigenvalue weighted by Gasteiger charge is -2.26. The van der Waals surface area contributed by atoms with E-state index in [4.69, 9.17) is 5.73 Å². The highest BCUT2D eigenvalue weighted by Gasteiger charge is 2.20. The first-order valence-corrected chi connectivity index (χ1v) is 6.76. The number of nitrogens with two attached hydrogens (primary N) is 1. The van der Waals surface area contributed by atoms with Crippen LogP contribution >= 0.6 is 15.9 Å². The van der Waals surface area contributed by atoms with Gasteiger partial charge in [-0.05, 0) is 37.0 Å². The third kappa shape index (κ3) is 4.26. The van der Waals surface area contributed by atoms with Crippen molar-refractivity contribution in [3.8, 4) is 0 Å². The maximum absolute atomic E-state index is 6.37. The summed E-state index contributed by atoms with van der Waals surface area (Å²) in [5.41, 5.74) is 7.38. The van der Waals surface area contributed by atoms with Crippen LogP contribution in [0.4, 0.5) is 0 Å². The summed E-state index contributed by atoms with van der Waals surface area (Å²) in [7, 11) is 0. The molecule has 0 bridgehead atoms. The van der Waals surface area contributed by atoms with Gasteiger partial charge in [-0.25, -0.2) is 0 Å². The molecule has 0 aliphatic rings. The highest BCUT2D eigenvalue weighted by Crippen LogP contribution is 2.26. The fraction of sp³-hybridized carbons (Fsp3) is 0.571. The fourth-order valence-corrected chi connectivity index (χ4v) is 2.26. The predicted octanol–water partition coefficient (Wildman–Crippen LogP) is 4.45. The smallest absolute Gasteiger partial charge is 0.0381 e. The predicted molar refractivity (Wildman–Crippen MR) is 74.4 cm³/mol. The van der Waals surface area contributed by atoms with Gasteiger partial charge in [0.15, 0.2) is 0 Å². The lowest BCUT2D eigenvalue weighted by molar-refractivity contribution is 0.406. The molecule has 1 unspecified atom stereocenters. The van der Waals surface area contributed by atoms with E-state index in [1.54, 1.807) is 0 Å². The summed E-state index contributed by atoms with van der Waals surface area (Å²) in [6.07, 6.45) is 3.49. The molecule has 1 rings (SSSR count). The molecule has 0 saturated carbocycles. The van der Waals surface area contributed by atoms with Crippen LogP contribution in [0.5, 0.6) is 0 Å². The Morgan fingerprint density at radius 1 is 1.38 bits per heavy atom. The van der Waals surface area contributed by atoms with Crippen LogP contribution in [0.1, 0.15) is 45.6 Å². The molecule has 0 aromatic heterocycles. The lowest BCUT2D eigenvalue weighted by Crippen LogP contribution is -2.32. The zero-order valence-electron chi connectivity index (χ0n) is 10.5. The van der Waals surface area contributed by atoms with Crippen LogP contribution in [-0.4, -0.2) is 0 Å². The van der Waals surface area contributed by atoms with Crippen molar-refractivity contribution in [1.29, 1.82) is 0 Å². The number of hydrogen-bond acceptors (Lipinski definition) is 1. The number of benzene rings is 1. The van der Waals surface area contributed by atoms with Gasteiger partial charge in [-0.15, -0.1) is 0 Å². The normalized spacial score (nSPS) is 15.1. The van der Waals surface area contributed by atoms with E-state index < -0.39 is 0 Å². The third-order valence-corrected chi connectivity index (χ3v) is 3.45. The minimum Gasteiger partial charge on any atom is -0.322 e. The van der Waals surface area contributed by atoms with Gasteiger partial charge in [0.1, 0.15) is 0 Å². The van der Waals surface area contributed by atoms with E-state index in [-0.39, 0.29) is 5.54 Å². The first-order valence-electron chi connectivity index (χ1n) is 5.97. The SMILES string of the molecule is CC(C)CCCC(C)(N)c1cccc(Br)c1. The van der Waals surface area contributed by atoms with Crippen LogP contribution in [0.25, 0.3) is 0 Å². The largest absolute Gasteiger partial charge is 0.322 e. The molecule has 0 radical (unpaired) electrons. The highest BCUT2D eigenvalue weighted by atomic mass is 79.9. The summed E-state index contributed by atoms with van der Waals surface area (Å²) in [5.74, 6) is 0.762. The quantitative estimate of drug-likeness (QED) is 0.849. The Hall–Kier alpha value is -0.340. The summed E-state index contributed by atoms with van der Waals surface area (Å²) < 4.78 is 1.10. The Labute approximate surface area is 108 Å². The summed E-state index contributed by atoms with van der Waals surface area (Å²) in [6, 6.07) is 8.32. The molecule has 0 fully saturated rings. The van der Waals surface area contributed by atoms with Crippen LogP contribution in [-0.2, 0) is 5.54 Å². The van der Waals surface area contributed by atoms with Gasteiger partial charge in [0, 0.05) is 10.0 Å². The summed E-state index contributed by atoms with van der Waals surface area (Å²) in [5, 5.41) is 0. The zero-order chi connectivity index (χ0) is 12.2. The van der Waals surface area contributed by atoms with Crippen LogP contribution in [0.3, 0.4) is 0 Å². The number of halogens is 1. The van der Waals surface area contributed by atoms with E-state index in [0.29, 0.717) is 0 Å². The van der Waals surface area contributed by atoms with Gasteiger partial charge in [0.05, 0.1) is 0 Å². The topological polar surface area (TPSA) is 26.0 Å². The van der Waals surface area contributed by atoms with E-state index in [1.165, 1.54) is 18.4 Å². The maximum atomic E-state index is 6.37. The minimum atomic E-state index is -0.210. The first-order chi connectivity index (χ1) is 7.42. The zero-order valence-corrected chi connectivity index (χ0v) is 12.0. The highest BCUT2D eigenvalue weighted by molar-refractivity contribution is 9.10. The van der Waals surface area contributed by atoms with E-state index in [9.17, 15) is 0 Å². The van der Waals surface area contributed by atoms with E-state index in [1.807, 2.05) is 12.1 Å². The second-order valence-corrected chi connectivity index (χ2v) is 6.13. The molecule has 16 heavy (non-hydrogen) atoms. The molecule has 2 N–H and O–H groups in total. The Balaban J connectivity index is 2.62. The van der Waals surface area contributed by atoms with Gasteiger partial charge in [-0.3, -0.25) is 0 Å². The molecule has 0 spiro atoms. The van der Waals surface area contributed by atoms with Gasteiger partial charge < -0.3 is 5.73 Å². The summed E-state index contributed by atoms with van der Waals surface area (Å²) in [4.78, 5) is 0. The van der Waals surface area contributed by atoms with Crippen molar-refractivity contribution in [2.45, 2.75) is 45.6 Å². The second kappa shape index (κ2) is 5.83. The molecule has 1 atom stereocenters. The van der Waals surface area contributed by atoms with Crippen molar-refractivity contribution in [1.82, 2.24) is 0 Å². The summed E-state index contributed by atoms with van der Waals surface area (Å²) in [6.45, 7) is 6.63. The first kappa shape index (κ1) is 13.7. The Kier molecular flexibility index (Phi) is 5.00. The molecule has 1 nitrogen and oxygen atoms in total. The number of rotatable bonds is 5. The molecule has 1 aromatic carbocycles. The van der Waals surface area contributed by atoms with Gasteiger partial charge in [-0.1, -0.05) is 54.8 Å². The molecule has 1 aromatic rings. The van der Waals surface area contributed by atoms with Gasteiger partial charge >= 0.3 is 0 Å². The van der Waals surface area contributed by atoms with Crippen molar-refractivity contribution in [3.05, 3.63) is 34.3 Å². The lowest BCUT2D eigenvalue weighted by atomic mass is 9.87. The Morgan fingerprint density at radius 2 is 2.06 bits per heavy atom. The van der Waals surface area contributed by atoms with E-state index >= 15 is 0 Å². The average molecular weight is 284 g/mol. The second-order valence-electron chi connectivity index (χ2n) is 5.21. The van der Waals surface area contributed by atoms with Crippen LogP contribution in [0.2, 0.25) is 0 Å². The van der Waals surface area contributed by atoms with Crippen molar-refractivity contribution in [2.24, 2.45) is 11.7 Å². The van der Waals surface area contributed by atoms with Crippen LogP contribution < -0.4 is 5.73 Å². The molecule has 0 aliphatic carbocycles. The van der Waals surface area contributed by atoms with Crippen molar-refractivity contribution in [3.63, 3.8) is 0 Å². The van der Waals surface area contributed by atoms with Crippen molar-refractivity contribution < 1.29 is 0 Å². The molecule has 2 heteroatoms. The van der Waals surface area contributed by atoms with Gasteiger partial charge in [-0.2, -0.15) is 0 Å². The van der Waals surface area contributed by atoms with E-state index in [0.717, 1.165) is 16.8 Å². The van der Waals surface area contributed by atoms with Crippen LogP contribution in [0.15, 0.2) is 28.7 Å². The number of hydrogen-bond donors (Lipinski definition) is 1. The Bertz CT molecular complexity index is 331. The molecule has 0 saturated heterocycles. The standard InChI is InChI=1S/C14H22BrN/c1-11(2)6-5-9-14(3,16)12-7-4-8-13(15)10-12/h4,7-8,10-11H,5-6,9,16H2,1-3H3. The molecular weight excluding hydrogens is 262 g/mol.